The number of thiazole rings is 1. The third-order valence-corrected chi connectivity index (χ3v) is 5.18. The van der Waals surface area contributed by atoms with Crippen LogP contribution < -0.4 is 10.1 Å². The van der Waals surface area contributed by atoms with E-state index < -0.39 is 0 Å². The molecule has 1 amide bonds. The van der Waals surface area contributed by atoms with E-state index in [1.54, 1.807) is 30.6 Å². The van der Waals surface area contributed by atoms with Gasteiger partial charge in [-0.1, -0.05) is 0 Å². The first-order valence-corrected chi connectivity index (χ1v) is 9.09. The highest BCUT2D eigenvalue weighted by molar-refractivity contribution is 7.21. The molecular weight excluding hydrogens is 360 g/mol. The molecule has 1 heterocycles. The number of nitrogens with one attached hydrogen (secondary N) is 1. The number of methoxy groups -OCH3 is 1. The van der Waals surface area contributed by atoms with Crippen molar-refractivity contribution in [2.45, 2.75) is 0 Å². The number of phenols is 1. The average molecular weight is 376 g/mol. The standard InChI is InChI=1S/C21H16N2O3S/c1-26-17-10-11-18-19(12-17)27-21(23-18)14-2-6-15(7-3-14)22-20(25)13-4-8-16(24)9-5-13/h2-12,24H,1H3,(H,22,25). The Morgan fingerprint density at radius 3 is 2.48 bits per heavy atom. The van der Waals surface area contributed by atoms with Crippen LogP contribution in [0.4, 0.5) is 5.69 Å². The number of aromatic hydroxyl groups is 1. The number of benzene rings is 3. The molecule has 0 unspecified atom stereocenters. The van der Waals surface area contributed by atoms with Crippen molar-refractivity contribution in [3.05, 3.63) is 72.3 Å². The number of fused-ring (bicyclic) bond motifs is 1. The summed E-state index contributed by atoms with van der Waals surface area (Å²) in [4.78, 5) is 16.9. The second-order valence-corrected chi connectivity index (χ2v) is 6.96. The maximum Gasteiger partial charge on any atom is 0.255 e. The van der Waals surface area contributed by atoms with Crippen molar-refractivity contribution < 1.29 is 14.6 Å². The Morgan fingerprint density at radius 1 is 1.04 bits per heavy atom. The molecular formula is C21H16N2O3S. The Labute approximate surface area is 159 Å². The van der Waals surface area contributed by atoms with Gasteiger partial charge < -0.3 is 15.2 Å². The fourth-order valence-electron chi connectivity index (χ4n) is 2.67. The SMILES string of the molecule is COc1ccc2nc(-c3ccc(NC(=O)c4ccc(O)cc4)cc3)sc2c1. The number of amides is 1. The van der Waals surface area contributed by atoms with Crippen LogP contribution in [0.5, 0.6) is 11.5 Å². The lowest BCUT2D eigenvalue weighted by Gasteiger charge is -2.06. The number of ether oxygens (including phenoxy) is 1. The van der Waals surface area contributed by atoms with Gasteiger partial charge in [-0.05, 0) is 66.7 Å². The highest BCUT2D eigenvalue weighted by Crippen LogP contribution is 2.32. The van der Waals surface area contributed by atoms with E-state index in [0.717, 1.165) is 26.5 Å². The van der Waals surface area contributed by atoms with Gasteiger partial charge >= 0.3 is 0 Å². The topological polar surface area (TPSA) is 71.5 Å². The second kappa shape index (κ2) is 7.09. The largest absolute Gasteiger partial charge is 0.508 e. The van der Waals surface area contributed by atoms with E-state index in [1.807, 2.05) is 42.5 Å². The average Bonchev–Trinajstić information content (AvgIpc) is 3.12. The molecule has 0 atom stereocenters. The first-order valence-electron chi connectivity index (χ1n) is 8.28. The number of carbonyl (C=O) groups excluding carboxylic acids is 1. The van der Waals surface area contributed by atoms with Gasteiger partial charge in [0.1, 0.15) is 16.5 Å². The predicted octanol–water partition coefficient (Wildman–Crippen LogP) is 4.93. The van der Waals surface area contributed by atoms with Crippen molar-refractivity contribution in [1.82, 2.24) is 4.98 Å². The molecule has 0 fully saturated rings. The smallest absolute Gasteiger partial charge is 0.255 e. The van der Waals surface area contributed by atoms with E-state index in [2.05, 4.69) is 10.3 Å². The van der Waals surface area contributed by atoms with Crippen LogP contribution in [0.15, 0.2) is 66.7 Å². The number of hydrogen-bond donors (Lipinski definition) is 2. The Morgan fingerprint density at radius 2 is 1.78 bits per heavy atom. The van der Waals surface area contributed by atoms with Crippen molar-refractivity contribution in [3.8, 4) is 22.1 Å². The van der Waals surface area contributed by atoms with Crippen LogP contribution >= 0.6 is 11.3 Å². The fourth-order valence-corrected chi connectivity index (χ4v) is 3.67. The van der Waals surface area contributed by atoms with E-state index in [0.29, 0.717) is 11.3 Å². The third-order valence-electron chi connectivity index (χ3n) is 4.11. The lowest BCUT2D eigenvalue weighted by Crippen LogP contribution is -2.11. The zero-order valence-corrected chi connectivity index (χ0v) is 15.3. The van der Waals surface area contributed by atoms with Crippen LogP contribution in [-0.2, 0) is 0 Å². The number of carbonyl (C=O) groups is 1. The van der Waals surface area contributed by atoms with E-state index >= 15 is 0 Å². The molecule has 6 heteroatoms. The van der Waals surface area contributed by atoms with E-state index in [-0.39, 0.29) is 11.7 Å². The number of nitrogens with zero attached hydrogens (tertiary/aromatic N) is 1. The Hall–Kier alpha value is -3.38. The van der Waals surface area contributed by atoms with Crippen molar-refractivity contribution in [3.63, 3.8) is 0 Å². The van der Waals surface area contributed by atoms with Crippen molar-refractivity contribution in [1.29, 1.82) is 0 Å². The zero-order chi connectivity index (χ0) is 18.8. The van der Waals surface area contributed by atoms with Gasteiger partial charge in [-0.3, -0.25) is 4.79 Å². The molecule has 3 aromatic carbocycles. The molecule has 1 aromatic heterocycles. The van der Waals surface area contributed by atoms with Gasteiger partial charge in [-0.25, -0.2) is 4.98 Å². The molecule has 0 bridgehead atoms. The summed E-state index contributed by atoms with van der Waals surface area (Å²) < 4.78 is 6.32. The minimum Gasteiger partial charge on any atom is -0.508 e. The molecule has 0 saturated carbocycles. The molecule has 2 N–H and O–H groups in total. The first kappa shape index (κ1) is 17.1. The van der Waals surface area contributed by atoms with Gasteiger partial charge in [0.25, 0.3) is 5.91 Å². The predicted molar refractivity (Wildman–Crippen MR) is 108 cm³/mol. The molecule has 4 aromatic rings. The summed E-state index contributed by atoms with van der Waals surface area (Å²) in [7, 11) is 1.65. The minimum absolute atomic E-state index is 0.129. The Kier molecular flexibility index (Phi) is 4.48. The van der Waals surface area contributed by atoms with Crippen LogP contribution in [-0.4, -0.2) is 23.1 Å². The van der Waals surface area contributed by atoms with Gasteiger partial charge in [0.15, 0.2) is 0 Å². The van der Waals surface area contributed by atoms with E-state index in [1.165, 1.54) is 12.1 Å². The summed E-state index contributed by atoms with van der Waals surface area (Å²) in [5, 5.41) is 13.1. The molecule has 5 nitrogen and oxygen atoms in total. The van der Waals surface area contributed by atoms with Gasteiger partial charge in [-0.2, -0.15) is 0 Å². The number of rotatable bonds is 4. The summed E-state index contributed by atoms with van der Waals surface area (Å²) in [5.41, 5.74) is 3.09. The van der Waals surface area contributed by atoms with Crippen LogP contribution in [0.1, 0.15) is 10.4 Å². The molecule has 27 heavy (non-hydrogen) atoms. The van der Waals surface area contributed by atoms with Crippen LogP contribution in [0.2, 0.25) is 0 Å². The normalized spacial score (nSPS) is 10.7. The van der Waals surface area contributed by atoms with Crippen molar-refractivity contribution in [2.24, 2.45) is 0 Å². The lowest BCUT2D eigenvalue weighted by molar-refractivity contribution is 0.102. The number of hydrogen-bond acceptors (Lipinski definition) is 5. The van der Waals surface area contributed by atoms with Crippen LogP contribution in [0, 0.1) is 0 Å². The number of aromatic nitrogens is 1. The maximum atomic E-state index is 12.2. The lowest BCUT2D eigenvalue weighted by atomic mass is 10.2. The maximum absolute atomic E-state index is 12.2. The second-order valence-electron chi connectivity index (χ2n) is 5.93. The molecule has 0 aliphatic heterocycles. The highest BCUT2D eigenvalue weighted by Gasteiger charge is 2.09. The molecule has 0 spiro atoms. The third kappa shape index (κ3) is 3.61. The number of phenolic OH excluding ortho intramolecular Hbond substituents is 1. The van der Waals surface area contributed by atoms with Gasteiger partial charge in [-0.15, -0.1) is 11.3 Å². The van der Waals surface area contributed by atoms with Crippen molar-refractivity contribution in [2.75, 3.05) is 12.4 Å². The molecule has 0 radical (unpaired) electrons. The summed E-state index contributed by atoms with van der Waals surface area (Å²) in [6.07, 6.45) is 0. The van der Waals surface area contributed by atoms with E-state index in [9.17, 15) is 9.90 Å². The minimum atomic E-state index is -0.227. The van der Waals surface area contributed by atoms with Crippen LogP contribution in [0.25, 0.3) is 20.8 Å². The zero-order valence-electron chi connectivity index (χ0n) is 14.5. The fraction of sp³-hybridized carbons (Fsp3) is 0.0476. The van der Waals surface area contributed by atoms with E-state index in [4.69, 9.17) is 4.74 Å². The molecule has 4 rings (SSSR count). The number of anilines is 1. The summed E-state index contributed by atoms with van der Waals surface area (Å²) in [6.45, 7) is 0. The van der Waals surface area contributed by atoms with Gasteiger partial charge in [0.05, 0.1) is 17.3 Å². The molecule has 0 saturated heterocycles. The summed E-state index contributed by atoms with van der Waals surface area (Å²) >= 11 is 1.60. The van der Waals surface area contributed by atoms with Gasteiger partial charge in [0.2, 0.25) is 0 Å². The molecule has 134 valence electrons. The van der Waals surface area contributed by atoms with Gasteiger partial charge in [0, 0.05) is 16.8 Å². The summed E-state index contributed by atoms with van der Waals surface area (Å²) in [5.74, 6) is 0.712. The monoisotopic (exact) mass is 376 g/mol. The quantitative estimate of drug-likeness (QED) is 0.530. The highest BCUT2D eigenvalue weighted by atomic mass is 32.1. The van der Waals surface area contributed by atoms with Crippen molar-refractivity contribution >= 4 is 33.1 Å². The summed E-state index contributed by atoms with van der Waals surface area (Å²) in [6, 6.07) is 19.5. The molecule has 0 aliphatic carbocycles. The Bertz CT molecular complexity index is 1100. The first-order chi connectivity index (χ1) is 13.1. The molecule has 0 aliphatic rings. The van der Waals surface area contributed by atoms with Crippen LogP contribution in [0.3, 0.4) is 0 Å². The Balaban J connectivity index is 1.53.